The molecule has 29 heavy (non-hydrogen) atoms. The third-order valence-electron chi connectivity index (χ3n) is 6.69. The number of amides is 1. The maximum Gasteiger partial charge on any atom is 0.243 e. The van der Waals surface area contributed by atoms with Crippen LogP contribution in [0.3, 0.4) is 0 Å². The van der Waals surface area contributed by atoms with E-state index in [2.05, 4.69) is 4.90 Å². The molecular weight excluding hydrogens is 410 g/mol. The van der Waals surface area contributed by atoms with Crippen LogP contribution in [-0.4, -0.2) is 73.7 Å². The maximum absolute atomic E-state index is 13.0. The van der Waals surface area contributed by atoms with Gasteiger partial charge in [-0.05, 0) is 75.9 Å². The smallest absolute Gasteiger partial charge is 0.243 e. The monoisotopic (exact) mass is 439 g/mol. The second-order valence-electron chi connectivity index (χ2n) is 8.43. The predicted molar refractivity (Wildman–Crippen MR) is 113 cm³/mol. The van der Waals surface area contributed by atoms with Crippen molar-refractivity contribution in [3.63, 3.8) is 0 Å². The molecular formula is C21H30ClN3O3S. The Morgan fingerprint density at radius 3 is 2.03 bits per heavy atom. The molecule has 0 bridgehead atoms. The summed E-state index contributed by atoms with van der Waals surface area (Å²) < 4.78 is 27.1. The quantitative estimate of drug-likeness (QED) is 0.723. The number of carbonyl (C=O) groups excluding carboxylic acids is 1. The molecule has 4 rings (SSSR count). The highest BCUT2D eigenvalue weighted by atomic mass is 35.5. The molecule has 8 heteroatoms. The first-order valence-corrected chi connectivity index (χ1v) is 12.6. The minimum absolute atomic E-state index is 0.0602. The molecule has 0 N–H and O–H groups in total. The Morgan fingerprint density at radius 1 is 0.862 bits per heavy atom. The Kier molecular flexibility index (Phi) is 6.49. The molecule has 3 aliphatic rings. The third kappa shape index (κ3) is 4.63. The lowest BCUT2D eigenvalue weighted by atomic mass is 9.94. The van der Waals surface area contributed by atoms with Crippen LogP contribution in [0.2, 0.25) is 5.02 Å². The average Bonchev–Trinajstić information content (AvgIpc) is 3.29. The third-order valence-corrected chi connectivity index (χ3v) is 8.85. The zero-order valence-electron chi connectivity index (χ0n) is 16.8. The molecule has 0 saturated carbocycles. The first-order chi connectivity index (χ1) is 13.9. The van der Waals surface area contributed by atoms with Gasteiger partial charge in [-0.25, -0.2) is 8.42 Å². The second kappa shape index (κ2) is 8.92. The maximum atomic E-state index is 13.0. The lowest BCUT2D eigenvalue weighted by Gasteiger charge is -2.39. The summed E-state index contributed by atoms with van der Waals surface area (Å²) in [5.41, 5.74) is 0. The largest absolute Gasteiger partial charge is 0.342 e. The number of sulfonamides is 1. The topological polar surface area (TPSA) is 60.9 Å². The summed E-state index contributed by atoms with van der Waals surface area (Å²) in [6, 6.07) is 6.90. The molecule has 1 aromatic rings. The van der Waals surface area contributed by atoms with Crippen molar-refractivity contribution in [1.82, 2.24) is 14.1 Å². The van der Waals surface area contributed by atoms with Crippen LogP contribution in [0.15, 0.2) is 29.2 Å². The number of rotatable bonds is 4. The van der Waals surface area contributed by atoms with Crippen molar-refractivity contribution in [2.75, 3.05) is 39.3 Å². The van der Waals surface area contributed by atoms with E-state index in [-0.39, 0.29) is 16.7 Å². The fourth-order valence-corrected chi connectivity index (χ4v) is 6.51. The van der Waals surface area contributed by atoms with Gasteiger partial charge in [0, 0.05) is 43.2 Å². The summed E-state index contributed by atoms with van der Waals surface area (Å²) in [5.74, 6) is 0.156. The molecule has 160 valence electrons. The van der Waals surface area contributed by atoms with Crippen molar-refractivity contribution in [3.05, 3.63) is 29.3 Å². The van der Waals surface area contributed by atoms with Crippen LogP contribution in [-0.2, 0) is 14.8 Å². The van der Waals surface area contributed by atoms with Gasteiger partial charge in [0.2, 0.25) is 15.9 Å². The van der Waals surface area contributed by atoms with Gasteiger partial charge in [-0.2, -0.15) is 4.31 Å². The first kappa shape index (κ1) is 21.1. The van der Waals surface area contributed by atoms with Crippen molar-refractivity contribution in [3.8, 4) is 0 Å². The van der Waals surface area contributed by atoms with E-state index >= 15 is 0 Å². The van der Waals surface area contributed by atoms with E-state index in [1.807, 2.05) is 4.90 Å². The molecule has 0 radical (unpaired) electrons. The van der Waals surface area contributed by atoms with Gasteiger partial charge in [-0.15, -0.1) is 0 Å². The SMILES string of the molecule is O=C(C1CCN(S(=O)(=O)c2ccc(Cl)cc2)CC1)N1CCC(N2CCCC2)CC1. The van der Waals surface area contributed by atoms with Gasteiger partial charge in [-0.3, -0.25) is 4.79 Å². The fraction of sp³-hybridized carbons (Fsp3) is 0.667. The summed E-state index contributed by atoms with van der Waals surface area (Å²) in [7, 11) is -3.53. The van der Waals surface area contributed by atoms with Crippen LogP contribution >= 0.6 is 11.6 Å². The number of piperidine rings is 2. The summed E-state index contributed by atoms with van der Waals surface area (Å²) >= 11 is 5.87. The van der Waals surface area contributed by atoms with Crippen LogP contribution < -0.4 is 0 Å². The van der Waals surface area contributed by atoms with E-state index in [1.54, 1.807) is 24.3 Å². The van der Waals surface area contributed by atoms with E-state index in [0.29, 0.717) is 37.0 Å². The number of benzene rings is 1. The lowest BCUT2D eigenvalue weighted by Crippen LogP contribution is -2.49. The normalized spacial score (nSPS) is 23.6. The Morgan fingerprint density at radius 2 is 1.45 bits per heavy atom. The molecule has 0 atom stereocenters. The van der Waals surface area contributed by atoms with Gasteiger partial charge in [-0.1, -0.05) is 11.6 Å². The van der Waals surface area contributed by atoms with Gasteiger partial charge in [0.1, 0.15) is 0 Å². The van der Waals surface area contributed by atoms with Crippen LogP contribution in [0.25, 0.3) is 0 Å². The van der Waals surface area contributed by atoms with E-state index < -0.39 is 10.0 Å². The molecule has 3 saturated heterocycles. The number of hydrogen-bond donors (Lipinski definition) is 0. The number of hydrogen-bond acceptors (Lipinski definition) is 4. The van der Waals surface area contributed by atoms with E-state index in [9.17, 15) is 13.2 Å². The molecule has 0 aliphatic carbocycles. The van der Waals surface area contributed by atoms with Crippen LogP contribution in [0.1, 0.15) is 38.5 Å². The molecule has 1 aromatic carbocycles. The van der Waals surface area contributed by atoms with Crippen molar-refractivity contribution in [2.45, 2.75) is 49.5 Å². The van der Waals surface area contributed by atoms with Crippen LogP contribution in [0.5, 0.6) is 0 Å². The van der Waals surface area contributed by atoms with Crippen LogP contribution in [0.4, 0.5) is 0 Å². The van der Waals surface area contributed by atoms with E-state index in [4.69, 9.17) is 11.6 Å². The zero-order valence-corrected chi connectivity index (χ0v) is 18.4. The number of nitrogens with zero attached hydrogens (tertiary/aromatic N) is 3. The Bertz CT molecular complexity index is 808. The molecule has 1 amide bonds. The summed E-state index contributed by atoms with van der Waals surface area (Å²) in [5, 5.41) is 0.516. The highest BCUT2D eigenvalue weighted by molar-refractivity contribution is 7.89. The van der Waals surface area contributed by atoms with Crippen molar-refractivity contribution in [2.24, 2.45) is 5.92 Å². The summed E-state index contributed by atoms with van der Waals surface area (Å²) in [6.07, 6.45) is 5.92. The standard InChI is InChI=1S/C21H30ClN3O3S/c22-18-3-5-20(6-4-18)29(27,28)25-15-7-17(8-16-25)21(26)24-13-9-19(10-14-24)23-11-1-2-12-23/h3-6,17,19H,1-2,7-16H2. The molecule has 3 aliphatic heterocycles. The van der Waals surface area contributed by atoms with Crippen molar-refractivity contribution >= 4 is 27.5 Å². The zero-order chi connectivity index (χ0) is 20.4. The summed E-state index contributed by atoms with van der Waals surface area (Å²) in [6.45, 7) is 4.88. The Hall–Kier alpha value is -1.15. The van der Waals surface area contributed by atoms with Crippen molar-refractivity contribution in [1.29, 1.82) is 0 Å². The lowest BCUT2D eigenvalue weighted by molar-refractivity contribution is -0.138. The van der Waals surface area contributed by atoms with E-state index in [0.717, 1.165) is 25.9 Å². The second-order valence-corrected chi connectivity index (χ2v) is 10.8. The minimum Gasteiger partial charge on any atom is -0.342 e. The number of halogens is 1. The Labute approximate surface area is 178 Å². The van der Waals surface area contributed by atoms with Gasteiger partial charge < -0.3 is 9.80 Å². The fourth-order valence-electron chi connectivity index (χ4n) is 4.92. The van der Waals surface area contributed by atoms with Gasteiger partial charge in [0.25, 0.3) is 0 Å². The summed E-state index contributed by atoms with van der Waals surface area (Å²) in [4.78, 5) is 17.8. The first-order valence-electron chi connectivity index (χ1n) is 10.7. The minimum atomic E-state index is -3.53. The molecule has 0 unspecified atom stereocenters. The molecule has 3 fully saturated rings. The molecule has 0 spiro atoms. The van der Waals surface area contributed by atoms with E-state index in [1.165, 1.54) is 30.2 Å². The number of likely N-dealkylation sites (tertiary alicyclic amines) is 2. The molecule has 0 aromatic heterocycles. The highest BCUT2D eigenvalue weighted by Crippen LogP contribution is 2.28. The Balaban J connectivity index is 1.29. The van der Waals surface area contributed by atoms with Gasteiger partial charge in [0.15, 0.2) is 0 Å². The average molecular weight is 440 g/mol. The highest BCUT2D eigenvalue weighted by Gasteiger charge is 2.35. The molecule has 3 heterocycles. The van der Waals surface area contributed by atoms with Gasteiger partial charge >= 0.3 is 0 Å². The van der Waals surface area contributed by atoms with Gasteiger partial charge in [0.05, 0.1) is 4.90 Å². The number of carbonyl (C=O) groups is 1. The predicted octanol–water partition coefficient (Wildman–Crippen LogP) is 2.83. The molecule has 6 nitrogen and oxygen atoms in total. The van der Waals surface area contributed by atoms with Crippen molar-refractivity contribution < 1.29 is 13.2 Å². The van der Waals surface area contributed by atoms with Crippen LogP contribution in [0, 0.1) is 5.92 Å².